The monoisotopic (exact) mass is 262 g/mol. The molecule has 1 aromatic carbocycles. The third-order valence-corrected chi connectivity index (χ3v) is 4.25. The van der Waals surface area contributed by atoms with E-state index in [0.717, 1.165) is 18.4 Å². The lowest BCUT2D eigenvalue weighted by atomic mass is 9.96. The van der Waals surface area contributed by atoms with Crippen LogP contribution in [0.1, 0.15) is 38.4 Å². The highest BCUT2D eigenvalue weighted by molar-refractivity contribution is 5.21. The van der Waals surface area contributed by atoms with E-state index in [1.165, 1.54) is 0 Å². The smallest absolute Gasteiger partial charge is 0.262 e. The average Bonchev–Trinajstić information content (AvgIpc) is 2.89. The predicted molar refractivity (Wildman–Crippen MR) is 70.0 cm³/mol. The summed E-state index contributed by atoms with van der Waals surface area (Å²) in [5.74, 6) is 0. The molecule has 2 aliphatic rings. The van der Waals surface area contributed by atoms with Gasteiger partial charge >= 0.3 is 0 Å². The van der Waals surface area contributed by atoms with Crippen molar-refractivity contribution in [2.45, 2.75) is 50.4 Å². The normalized spacial score (nSPS) is 33.3. The molecular weight excluding hydrogens is 244 g/mol. The van der Waals surface area contributed by atoms with Gasteiger partial charge in [0.1, 0.15) is 6.04 Å². The number of rotatable bonds is 2. The van der Waals surface area contributed by atoms with Crippen molar-refractivity contribution in [1.82, 2.24) is 5.06 Å². The SMILES string of the molecule is CC1(C)CC[C@H]2[C@@H]([N+](=O)[O-])[C@H](c3ccccc3)ON21. The summed E-state index contributed by atoms with van der Waals surface area (Å²) >= 11 is 0. The second-order valence-electron chi connectivity index (χ2n) is 5.96. The van der Waals surface area contributed by atoms with Gasteiger partial charge in [0.25, 0.3) is 6.04 Å². The van der Waals surface area contributed by atoms with Crippen molar-refractivity contribution in [3.8, 4) is 0 Å². The zero-order chi connectivity index (χ0) is 13.6. The molecule has 0 aromatic heterocycles. The van der Waals surface area contributed by atoms with Crippen molar-refractivity contribution in [3.05, 3.63) is 46.0 Å². The Kier molecular flexibility index (Phi) is 2.83. The second kappa shape index (κ2) is 4.28. The molecule has 3 rings (SSSR count). The Balaban J connectivity index is 1.96. The fraction of sp³-hybridized carbons (Fsp3) is 0.571. The Hall–Kier alpha value is -1.46. The Morgan fingerprint density at radius 1 is 1.37 bits per heavy atom. The van der Waals surface area contributed by atoms with Crippen LogP contribution in [0.15, 0.2) is 30.3 Å². The lowest BCUT2D eigenvalue weighted by molar-refractivity contribution is -0.530. The molecule has 19 heavy (non-hydrogen) atoms. The quantitative estimate of drug-likeness (QED) is 0.607. The van der Waals surface area contributed by atoms with E-state index in [-0.39, 0.29) is 16.5 Å². The number of nitro groups is 1. The molecule has 5 nitrogen and oxygen atoms in total. The first-order valence-corrected chi connectivity index (χ1v) is 6.65. The fourth-order valence-corrected chi connectivity index (χ4v) is 3.25. The van der Waals surface area contributed by atoms with Crippen LogP contribution in [0.25, 0.3) is 0 Å². The molecule has 0 saturated carbocycles. The van der Waals surface area contributed by atoms with Crippen molar-refractivity contribution >= 4 is 0 Å². The molecule has 2 heterocycles. The molecule has 2 fully saturated rings. The van der Waals surface area contributed by atoms with Crippen LogP contribution in [0.5, 0.6) is 0 Å². The van der Waals surface area contributed by atoms with Crippen LogP contribution < -0.4 is 0 Å². The van der Waals surface area contributed by atoms with Gasteiger partial charge in [-0.25, -0.2) is 0 Å². The molecule has 0 spiro atoms. The Morgan fingerprint density at radius 2 is 2.05 bits per heavy atom. The summed E-state index contributed by atoms with van der Waals surface area (Å²) in [6.45, 7) is 4.16. The van der Waals surface area contributed by atoms with Crippen LogP contribution in [0.3, 0.4) is 0 Å². The number of hydroxylamine groups is 2. The topological polar surface area (TPSA) is 55.6 Å². The summed E-state index contributed by atoms with van der Waals surface area (Å²) in [6, 6.07) is 8.70. The predicted octanol–water partition coefficient (Wildman–Crippen LogP) is 2.56. The first-order chi connectivity index (χ1) is 9.00. The van der Waals surface area contributed by atoms with Crippen molar-refractivity contribution in [1.29, 1.82) is 0 Å². The maximum absolute atomic E-state index is 11.4. The van der Waals surface area contributed by atoms with Gasteiger partial charge < -0.3 is 0 Å². The Morgan fingerprint density at radius 3 is 2.68 bits per heavy atom. The van der Waals surface area contributed by atoms with Gasteiger partial charge in [-0.3, -0.25) is 15.0 Å². The molecule has 1 aromatic rings. The van der Waals surface area contributed by atoms with Crippen molar-refractivity contribution in [2.24, 2.45) is 0 Å². The summed E-state index contributed by atoms with van der Waals surface area (Å²) in [4.78, 5) is 17.2. The van der Waals surface area contributed by atoms with E-state index >= 15 is 0 Å². The average molecular weight is 262 g/mol. The molecule has 5 heteroatoms. The molecule has 0 N–H and O–H groups in total. The number of nitrogens with zero attached hydrogens (tertiary/aromatic N) is 2. The summed E-state index contributed by atoms with van der Waals surface area (Å²) < 4.78 is 0. The van der Waals surface area contributed by atoms with Gasteiger partial charge in [0.15, 0.2) is 6.10 Å². The maximum Gasteiger partial charge on any atom is 0.262 e. The molecule has 0 bridgehead atoms. The first-order valence-electron chi connectivity index (χ1n) is 6.65. The van der Waals surface area contributed by atoms with E-state index in [1.54, 1.807) is 0 Å². The maximum atomic E-state index is 11.4. The molecule has 0 aliphatic carbocycles. The highest BCUT2D eigenvalue weighted by atomic mass is 16.7. The first kappa shape index (κ1) is 12.6. The molecule has 0 unspecified atom stereocenters. The minimum absolute atomic E-state index is 0.116. The van der Waals surface area contributed by atoms with Crippen LogP contribution in [-0.4, -0.2) is 27.6 Å². The molecule has 2 aliphatic heterocycles. The van der Waals surface area contributed by atoms with E-state index in [2.05, 4.69) is 13.8 Å². The standard InChI is InChI=1S/C14H18N2O3/c1-14(2)9-8-11-12(16(17)18)13(19-15(11)14)10-6-4-3-5-7-10/h3-7,11-13H,8-9H2,1-2H3/t11-,12+,13-/m0/s1. The minimum atomic E-state index is -0.677. The number of hydrogen-bond acceptors (Lipinski definition) is 4. The molecular formula is C14H18N2O3. The molecule has 2 saturated heterocycles. The molecule has 102 valence electrons. The van der Waals surface area contributed by atoms with E-state index in [1.807, 2.05) is 35.4 Å². The van der Waals surface area contributed by atoms with Gasteiger partial charge in [0.2, 0.25) is 0 Å². The van der Waals surface area contributed by atoms with Gasteiger partial charge in [0, 0.05) is 10.5 Å². The van der Waals surface area contributed by atoms with Crippen molar-refractivity contribution < 1.29 is 9.76 Å². The van der Waals surface area contributed by atoms with Gasteiger partial charge in [-0.05, 0) is 32.3 Å². The van der Waals surface area contributed by atoms with E-state index < -0.39 is 12.1 Å². The van der Waals surface area contributed by atoms with E-state index in [4.69, 9.17) is 4.84 Å². The van der Waals surface area contributed by atoms with Crippen LogP contribution in [0.4, 0.5) is 0 Å². The van der Waals surface area contributed by atoms with Crippen LogP contribution in [0, 0.1) is 10.1 Å². The van der Waals surface area contributed by atoms with Crippen molar-refractivity contribution in [2.75, 3.05) is 0 Å². The van der Waals surface area contributed by atoms with Gasteiger partial charge in [0.05, 0.1) is 0 Å². The zero-order valence-electron chi connectivity index (χ0n) is 11.2. The summed E-state index contributed by atoms with van der Waals surface area (Å²) in [7, 11) is 0. The van der Waals surface area contributed by atoms with Crippen LogP contribution in [-0.2, 0) is 4.84 Å². The lowest BCUT2D eigenvalue weighted by Gasteiger charge is -2.29. The third kappa shape index (κ3) is 1.93. The fourth-order valence-electron chi connectivity index (χ4n) is 3.25. The molecule has 0 radical (unpaired) electrons. The highest BCUT2D eigenvalue weighted by Gasteiger charge is 2.59. The summed E-state index contributed by atoms with van der Waals surface area (Å²) in [5, 5.41) is 13.3. The minimum Gasteiger partial charge on any atom is -0.282 e. The van der Waals surface area contributed by atoms with Crippen molar-refractivity contribution in [3.63, 3.8) is 0 Å². The zero-order valence-corrected chi connectivity index (χ0v) is 11.2. The van der Waals surface area contributed by atoms with E-state index in [9.17, 15) is 10.1 Å². The number of fused-ring (bicyclic) bond motifs is 1. The number of hydrogen-bond donors (Lipinski definition) is 0. The lowest BCUT2D eigenvalue weighted by Crippen LogP contribution is -2.41. The van der Waals surface area contributed by atoms with E-state index in [0.29, 0.717) is 0 Å². The Bertz CT molecular complexity index is 489. The Labute approximate surface area is 112 Å². The summed E-state index contributed by atoms with van der Waals surface area (Å²) in [5.41, 5.74) is 0.761. The number of benzene rings is 1. The molecule has 3 atom stereocenters. The highest BCUT2D eigenvalue weighted by Crippen LogP contribution is 2.46. The molecule has 0 amide bonds. The van der Waals surface area contributed by atoms with Crippen LogP contribution in [0.2, 0.25) is 0 Å². The van der Waals surface area contributed by atoms with Gasteiger partial charge in [-0.2, -0.15) is 5.06 Å². The van der Waals surface area contributed by atoms with Gasteiger partial charge in [-0.15, -0.1) is 0 Å². The van der Waals surface area contributed by atoms with Crippen LogP contribution >= 0.6 is 0 Å². The second-order valence-corrected chi connectivity index (χ2v) is 5.96. The third-order valence-electron chi connectivity index (χ3n) is 4.25. The summed E-state index contributed by atoms with van der Waals surface area (Å²) in [6.07, 6.45) is 1.28. The largest absolute Gasteiger partial charge is 0.282 e. The van der Waals surface area contributed by atoms with Gasteiger partial charge in [-0.1, -0.05) is 30.3 Å².